The maximum absolute atomic E-state index is 12.5. The van der Waals surface area contributed by atoms with Gasteiger partial charge in [0.25, 0.3) is 0 Å². The fraction of sp³-hybridized carbons (Fsp3) is 0.111. The molecule has 0 aliphatic heterocycles. The van der Waals surface area contributed by atoms with Gasteiger partial charge in [-0.25, -0.2) is 0 Å². The number of rotatable bonds is 4. The number of nitrogens with two attached hydrogens (primary N) is 1. The number of benzene rings is 2. The first-order valence-electron chi connectivity index (χ1n) is 6.96. The van der Waals surface area contributed by atoms with Crippen LogP contribution >= 0.6 is 11.3 Å². The first-order chi connectivity index (χ1) is 10.5. The predicted octanol–water partition coefficient (Wildman–Crippen LogP) is 3.73. The van der Waals surface area contributed by atoms with E-state index in [1.54, 1.807) is 18.2 Å². The van der Waals surface area contributed by atoms with Crippen LogP contribution in [0.2, 0.25) is 0 Å². The standard InChI is InChI=1S/C18H15NO2S/c1-11-6-7-16-13(8-11)10-17(22-16)15(20)9-12-4-2-3-5-14(12)18(19)21/h2-8,10H,9H2,1H3,(H2,19,21). The summed E-state index contributed by atoms with van der Waals surface area (Å²) in [5.74, 6) is -0.497. The van der Waals surface area contributed by atoms with Crippen molar-refractivity contribution in [2.24, 2.45) is 5.73 Å². The van der Waals surface area contributed by atoms with Gasteiger partial charge in [-0.05, 0) is 36.1 Å². The van der Waals surface area contributed by atoms with Crippen molar-refractivity contribution in [1.82, 2.24) is 0 Å². The number of carbonyl (C=O) groups excluding carboxylic acids is 2. The minimum Gasteiger partial charge on any atom is -0.366 e. The summed E-state index contributed by atoms with van der Waals surface area (Å²) in [6, 6.07) is 15.0. The minimum atomic E-state index is -0.504. The first kappa shape index (κ1) is 14.5. The third kappa shape index (κ3) is 2.78. The monoisotopic (exact) mass is 309 g/mol. The third-order valence-electron chi connectivity index (χ3n) is 3.58. The molecule has 1 heterocycles. The fourth-order valence-electron chi connectivity index (χ4n) is 2.48. The number of aryl methyl sites for hydroxylation is 1. The molecule has 110 valence electrons. The second-order valence-electron chi connectivity index (χ2n) is 5.27. The van der Waals surface area contributed by atoms with Crippen molar-refractivity contribution in [3.8, 4) is 0 Å². The molecule has 0 aliphatic carbocycles. The first-order valence-corrected chi connectivity index (χ1v) is 7.77. The van der Waals surface area contributed by atoms with Gasteiger partial charge in [-0.1, -0.05) is 35.9 Å². The molecule has 4 heteroatoms. The van der Waals surface area contributed by atoms with E-state index in [0.717, 1.165) is 10.1 Å². The Morgan fingerprint density at radius 3 is 2.64 bits per heavy atom. The smallest absolute Gasteiger partial charge is 0.248 e. The highest BCUT2D eigenvalue weighted by Gasteiger charge is 2.15. The van der Waals surface area contributed by atoms with Gasteiger partial charge in [0.2, 0.25) is 5.91 Å². The van der Waals surface area contributed by atoms with Crippen molar-refractivity contribution >= 4 is 33.1 Å². The molecule has 1 amide bonds. The molecule has 3 nitrogen and oxygen atoms in total. The normalized spacial score (nSPS) is 10.8. The van der Waals surface area contributed by atoms with Gasteiger partial charge in [0.1, 0.15) is 0 Å². The zero-order valence-corrected chi connectivity index (χ0v) is 12.9. The molecule has 3 rings (SSSR count). The van der Waals surface area contributed by atoms with E-state index < -0.39 is 5.91 Å². The number of amides is 1. The SMILES string of the molecule is Cc1ccc2sc(C(=O)Cc3ccccc3C(N)=O)cc2c1. The number of Topliss-reactive ketones (excluding diaryl/α,β-unsaturated/α-hetero) is 1. The highest BCUT2D eigenvalue weighted by molar-refractivity contribution is 7.20. The van der Waals surface area contributed by atoms with Crippen molar-refractivity contribution in [3.63, 3.8) is 0 Å². The van der Waals surface area contributed by atoms with Crippen LogP contribution in [0, 0.1) is 6.92 Å². The number of fused-ring (bicyclic) bond motifs is 1. The maximum atomic E-state index is 12.5. The minimum absolute atomic E-state index is 0.00699. The van der Waals surface area contributed by atoms with Crippen LogP contribution < -0.4 is 5.73 Å². The Hall–Kier alpha value is -2.46. The molecular formula is C18H15NO2S. The lowest BCUT2D eigenvalue weighted by Gasteiger charge is -2.04. The molecule has 1 aromatic heterocycles. The summed E-state index contributed by atoms with van der Waals surface area (Å²) < 4.78 is 1.09. The van der Waals surface area contributed by atoms with E-state index in [2.05, 4.69) is 6.07 Å². The average molecular weight is 309 g/mol. The molecule has 0 unspecified atom stereocenters. The van der Waals surface area contributed by atoms with Gasteiger partial charge in [0, 0.05) is 16.7 Å². The molecule has 2 aromatic carbocycles. The van der Waals surface area contributed by atoms with Crippen LogP contribution in [0.5, 0.6) is 0 Å². The molecule has 0 saturated heterocycles. The lowest BCUT2D eigenvalue weighted by atomic mass is 10.0. The molecule has 3 aromatic rings. The number of carbonyl (C=O) groups is 2. The van der Waals surface area contributed by atoms with Gasteiger partial charge in [-0.3, -0.25) is 9.59 Å². The topological polar surface area (TPSA) is 60.2 Å². The van der Waals surface area contributed by atoms with E-state index in [0.29, 0.717) is 16.0 Å². The van der Waals surface area contributed by atoms with E-state index >= 15 is 0 Å². The van der Waals surface area contributed by atoms with Crippen LogP contribution in [-0.4, -0.2) is 11.7 Å². The highest BCUT2D eigenvalue weighted by atomic mass is 32.1. The Morgan fingerprint density at radius 2 is 1.86 bits per heavy atom. The van der Waals surface area contributed by atoms with Gasteiger partial charge >= 0.3 is 0 Å². The highest BCUT2D eigenvalue weighted by Crippen LogP contribution is 2.27. The molecule has 0 radical (unpaired) electrons. The van der Waals surface area contributed by atoms with Gasteiger partial charge in [0.15, 0.2) is 5.78 Å². The summed E-state index contributed by atoms with van der Waals surface area (Å²) in [7, 11) is 0. The zero-order valence-electron chi connectivity index (χ0n) is 12.1. The molecule has 0 spiro atoms. The Labute approximate surface area is 132 Å². The van der Waals surface area contributed by atoms with Crippen molar-refractivity contribution in [2.45, 2.75) is 13.3 Å². The summed E-state index contributed by atoms with van der Waals surface area (Å²) in [6.45, 7) is 2.03. The predicted molar refractivity (Wildman–Crippen MR) is 89.6 cm³/mol. The van der Waals surface area contributed by atoms with Crippen molar-refractivity contribution in [1.29, 1.82) is 0 Å². The van der Waals surface area contributed by atoms with Crippen LogP contribution in [-0.2, 0) is 6.42 Å². The zero-order chi connectivity index (χ0) is 15.7. The summed E-state index contributed by atoms with van der Waals surface area (Å²) in [6.07, 6.45) is 0.185. The molecule has 0 fully saturated rings. The van der Waals surface area contributed by atoms with Gasteiger partial charge in [-0.2, -0.15) is 0 Å². The van der Waals surface area contributed by atoms with Crippen LogP contribution in [0.25, 0.3) is 10.1 Å². The molecule has 0 aliphatic rings. The van der Waals surface area contributed by atoms with Crippen LogP contribution in [0.4, 0.5) is 0 Å². The molecule has 0 bridgehead atoms. The lowest BCUT2D eigenvalue weighted by molar-refractivity contribution is 0.0994. The Bertz CT molecular complexity index is 880. The van der Waals surface area contributed by atoms with Crippen LogP contribution in [0.3, 0.4) is 0 Å². The van der Waals surface area contributed by atoms with Crippen molar-refractivity contribution < 1.29 is 9.59 Å². The van der Waals surface area contributed by atoms with Gasteiger partial charge in [-0.15, -0.1) is 11.3 Å². The Kier molecular flexibility index (Phi) is 3.77. The van der Waals surface area contributed by atoms with Crippen LogP contribution in [0.15, 0.2) is 48.5 Å². The number of thiophene rings is 1. The molecule has 2 N–H and O–H groups in total. The van der Waals surface area contributed by atoms with Crippen molar-refractivity contribution in [3.05, 3.63) is 70.1 Å². The van der Waals surface area contributed by atoms with Gasteiger partial charge < -0.3 is 5.73 Å². The van der Waals surface area contributed by atoms with E-state index in [4.69, 9.17) is 5.73 Å². The van der Waals surface area contributed by atoms with E-state index in [1.165, 1.54) is 16.9 Å². The third-order valence-corrected chi connectivity index (χ3v) is 4.74. The molecular weight excluding hydrogens is 294 g/mol. The number of hydrogen-bond acceptors (Lipinski definition) is 3. The summed E-state index contributed by atoms with van der Waals surface area (Å²) in [4.78, 5) is 24.6. The fourth-order valence-corrected chi connectivity index (χ4v) is 3.46. The Balaban J connectivity index is 1.92. The number of primary amides is 1. The number of ketones is 1. The lowest BCUT2D eigenvalue weighted by Crippen LogP contribution is -2.15. The van der Waals surface area contributed by atoms with Crippen LogP contribution in [0.1, 0.15) is 31.2 Å². The van der Waals surface area contributed by atoms with E-state index in [-0.39, 0.29) is 12.2 Å². The van der Waals surface area contributed by atoms with E-state index in [1.807, 2.05) is 31.2 Å². The second kappa shape index (κ2) is 5.73. The molecule has 22 heavy (non-hydrogen) atoms. The number of hydrogen-bond donors (Lipinski definition) is 1. The average Bonchev–Trinajstić information content (AvgIpc) is 2.90. The largest absolute Gasteiger partial charge is 0.366 e. The van der Waals surface area contributed by atoms with Crippen molar-refractivity contribution in [2.75, 3.05) is 0 Å². The Morgan fingerprint density at radius 1 is 1.09 bits per heavy atom. The summed E-state index contributed by atoms with van der Waals surface area (Å²) in [5.41, 5.74) is 7.61. The summed E-state index contributed by atoms with van der Waals surface area (Å²) >= 11 is 1.48. The molecule has 0 saturated carbocycles. The molecule has 0 atom stereocenters. The van der Waals surface area contributed by atoms with Gasteiger partial charge in [0.05, 0.1) is 4.88 Å². The summed E-state index contributed by atoms with van der Waals surface area (Å²) in [5, 5.41) is 1.08. The quantitative estimate of drug-likeness (QED) is 0.746. The second-order valence-corrected chi connectivity index (χ2v) is 6.36. The van der Waals surface area contributed by atoms with E-state index in [9.17, 15) is 9.59 Å². The maximum Gasteiger partial charge on any atom is 0.248 e.